The molecule has 1 rings (SSSR count). The molecule has 6 heteroatoms. The molecule has 0 fully saturated rings. The van der Waals surface area contributed by atoms with Crippen molar-refractivity contribution in [3.05, 3.63) is 23.8 Å². The molecule has 0 saturated heterocycles. The van der Waals surface area contributed by atoms with Gasteiger partial charge < -0.3 is 21.3 Å². The molecule has 0 aromatic heterocycles. The summed E-state index contributed by atoms with van der Waals surface area (Å²) in [6.07, 6.45) is 0. The van der Waals surface area contributed by atoms with E-state index in [0.29, 0.717) is 24.5 Å². The van der Waals surface area contributed by atoms with Crippen LogP contribution in [-0.4, -0.2) is 25.2 Å². The van der Waals surface area contributed by atoms with Gasteiger partial charge in [-0.15, -0.1) is 0 Å². The number of benzene rings is 1. The van der Waals surface area contributed by atoms with Gasteiger partial charge in [-0.3, -0.25) is 0 Å². The molecule has 0 saturated carbocycles. The highest BCUT2D eigenvalue weighted by Crippen LogP contribution is 2.19. The van der Waals surface area contributed by atoms with Crippen molar-refractivity contribution in [2.75, 3.05) is 23.7 Å². The van der Waals surface area contributed by atoms with Crippen LogP contribution in [0.3, 0.4) is 0 Å². The monoisotopic (exact) mass is 264 g/mol. The second-order valence-electron chi connectivity index (χ2n) is 4.00. The maximum absolute atomic E-state index is 11.4. The van der Waals surface area contributed by atoms with Crippen molar-refractivity contribution in [2.24, 2.45) is 0 Å². The van der Waals surface area contributed by atoms with Gasteiger partial charge in [0.15, 0.2) is 0 Å². The lowest BCUT2D eigenvalue weighted by Crippen LogP contribution is -2.29. The molecular weight excluding hydrogens is 244 g/mol. The topological polar surface area (TPSA) is 82.3 Å². The van der Waals surface area contributed by atoms with Crippen molar-refractivity contribution in [3.63, 3.8) is 0 Å². The molecule has 0 aliphatic carbocycles. The van der Waals surface area contributed by atoms with E-state index in [1.54, 1.807) is 18.2 Å². The first-order chi connectivity index (χ1) is 9.06. The zero-order valence-corrected chi connectivity index (χ0v) is 11.5. The molecule has 0 aliphatic heterocycles. The summed E-state index contributed by atoms with van der Waals surface area (Å²) in [5.74, 6) is 0. The van der Waals surface area contributed by atoms with E-state index in [-0.39, 0.29) is 12.1 Å². The average Bonchev–Trinajstić information content (AvgIpc) is 2.33. The van der Waals surface area contributed by atoms with Gasteiger partial charge in [0.1, 0.15) is 0 Å². The third-order valence-corrected chi connectivity index (χ3v) is 2.41. The van der Waals surface area contributed by atoms with E-state index in [1.807, 2.05) is 20.8 Å². The molecule has 1 aromatic rings. The molecule has 0 heterocycles. The lowest BCUT2D eigenvalue weighted by Gasteiger charge is -2.11. The molecular formula is C13H20N4O2. The van der Waals surface area contributed by atoms with Gasteiger partial charge in [0.05, 0.1) is 0 Å². The fourth-order valence-electron chi connectivity index (χ4n) is 1.54. The number of hydrogen-bond donors (Lipinski definition) is 4. The highest BCUT2D eigenvalue weighted by Gasteiger charge is 2.05. The minimum Gasteiger partial charge on any atom is -0.338 e. The minimum absolute atomic E-state index is 0.241. The van der Waals surface area contributed by atoms with E-state index in [4.69, 9.17) is 0 Å². The SMILES string of the molecule is CCNC(=O)Nc1ccc(NC(=O)NCC)c(C)c1. The van der Waals surface area contributed by atoms with Crippen molar-refractivity contribution in [3.8, 4) is 0 Å². The third kappa shape index (κ3) is 4.87. The van der Waals surface area contributed by atoms with Crippen LogP contribution >= 0.6 is 0 Å². The van der Waals surface area contributed by atoms with Crippen molar-refractivity contribution < 1.29 is 9.59 Å². The van der Waals surface area contributed by atoms with Gasteiger partial charge in [0.25, 0.3) is 0 Å². The molecule has 0 radical (unpaired) electrons. The Morgan fingerprint density at radius 3 is 2.11 bits per heavy atom. The van der Waals surface area contributed by atoms with Crippen molar-refractivity contribution in [1.29, 1.82) is 0 Å². The smallest absolute Gasteiger partial charge is 0.319 e. The molecule has 4 amide bonds. The second-order valence-corrected chi connectivity index (χ2v) is 4.00. The fraction of sp³-hybridized carbons (Fsp3) is 0.385. The standard InChI is InChI=1S/C13H20N4O2/c1-4-14-12(18)16-10-6-7-11(9(3)8-10)17-13(19)15-5-2/h6-8H,4-5H2,1-3H3,(H2,14,16,18)(H2,15,17,19). The van der Waals surface area contributed by atoms with E-state index in [0.717, 1.165) is 5.56 Å². The minimum atomic E-state index is -0.244. The summed E-state index contributed by atoms with van der Waals surface area (Å²) in [5.41, 5.74) is 2.28. The Kier molecular flexibility index (Phi) is 5.66. The Morgan fingerprint density at radius 2 is 1.58 bits per heavy atom. The van der Waals surface area contributed by atoms with Crippen molar-refractivity contribution in [2.45, 2.75) is 20.8 Å². The third-order valence-electron chi connectivity index (χ3n) is 2.41. The van der Waals surface area contributed by atoms with Gasteiger partial charge in [0, 0.05) is 24.5 Å². The van der Waals surface area contributed by atoms with Crippen LogP contribution in [0.15, 0.2) is 18.2 Å². The van der Waals surface area contributed by atoms with Crippen LogP contribution in [0.25, 0.3) is 0 Å². The highest BCUT2D eigenvalue weighted by molar-refractivity contribution is 5.92. The largest absolute Gasteiger partial charge is 0.338 e. The van der Waals surface area contributed by atoms with E-state index in [1.165, 1.54) is 0 Å². The molecule has 0 unspecified atom stereocenters. The second kappa shape index (κ2) is 7.25. The summed E-state index contributed by atoms with van der Waals surface area (Å²) < 4.78 is 0. The first-order valence-electron chi connectivity index (χ1n) is 6.27. The van der Waals surface area contributed by atoms with E-state index < -0.39 is 0 Å². The van der Waals surface area contributed by atoms with Crippen LogP contribution in [0.5, 0.6) is 0 Å². The van der Waals surface area contributed by atoms with E-state index in [2.05, 4.69) is 21.3 Å². The fourth-order valence-corrected chi connectivity index (χ4v) is 1.54. The Morgan fingerprint density at radius 1 is 1.00 bits per heavy atom. The molecule has 104 valence electrons. The predicted molar refractivity (Wildman–Crippen MR) is 76.6 cm³/mol. The lowest BCUT2D eigenvalue weighted by molar-refractivity contribution is 0.251. The van der Waals surface area contributed by atoms with Gasteiger partial charge >= 0.3 is 12.1 Å². The molecule has 0 aliphatic rings. The highest BCUT2D eigenvalue weighted by atomic mass is 16.2. The number of amides is 4. The van der Waals surface area contributed by atoms with Gasteiger partial charge in [-0.05, 0) is 44.5 Å². The lowest BCUT2D eigenvalue weighted by atomic mass is 10.2. The number of urea groups is 2. The number of rotatable bonds is 4. The number of nitrogens with one attached hydrogen (secondary N) is 4. The molecule has 0 spiro atoms. The quantitative estimate of drug-likeness (QED) is 0.673. The average molecular weight is 264 g/mol. The normalized spacial score (nSPS) is 9.63. The Balaban J connectivity index is 2.69. The molecule has 0 atom stereocenters. The number of aryl methyl sites for hydroxylation is 1. The zero-order chi connectivity index (χ0) is 14.3. The number of carbonyl (C=O) groups is 2. The first kappa shape index (κ1) is 14.8. The van der Waals surface area contributed by atoms with E-state index >= 15 is 0 Å². The van der Waals surface area contributed by atoms with Crippen LogP contribution in [0.2, 0.25) is 0 Å². The molecule has 1 aromatic carbocycles. The predicted octanol–water partition coefficient (Wildman–Crippen LogP) is 2.28. The molecule has 6 nitrogen and oxygen atoms in total. The van der Waals surface area contributed by atoms with Gasteiger partial charge in [-0.1, -0.05) is 0 Å². The van der Waals surface area contributed by atoms with Crippen LogP contribution in [0.1, 0.15) is 19.4 Å². The maximum atomic E-state index is 11.4. The summed E-state index contributed by atoms with van der Waals surface area (Å²) in [6.45, 7) is 6.71. The summed E-state index contributed by atoms with van der Waals surface area (Å²) in [4.78, 5) is 22.8. The number of carbonyl (C=O) groups excluding carboxylic acids is 2. The summed E-state index contributed by atoms with van der Waals surface area (Å²) in [5, 5.41) is 10.8. The van der Waals surface area contributed by atoms with Gasteiger partial charge in [0.2, 0.25) is 0 Å². The zero-order valence-electron chi connectivity index (χ0n) is 11.5. The van der Waals surface area contributed by atoms with Gasteiger partial charge in [-0.2, -0.15) is 0 Å². The number of anilines is 2. The van der Waals surface area contributed by atoms with Gasteiger partial charge in [-0.25, -0.2) is 9.59 Å². The Labute approximate surface area is 113 Å². The van der Waals surface area contributed by atoms with Crippen molar-refractivity contribution in [1.82, 2.24) is 10.6 Å². The maximum Gasteiger partial charge on any atom is 0.319 e. The summed E-state index contributed by atoms with van der Waals surface area (Å²) in [7, 11) is 0. The molecule has 19 heavy (non-hydrogen) atoms. The molecule has 0 bridgehead atoms. The van der Waals surface area contributed by atoms with E-state index in [9.17, 15) is 9.59 Å². The summed E-state index contributed by atoms with van der Waals surface area (Å²) in [6, 6.07) is 4.81. The summed E-state index contributed by atoms with van der Waals surface area (Å²) >= 11 is 0. The van der Waals surface area contributed by atoms with Crippen LogP contribution in [0.4, 0.5) is 21.0 Å². The van der Waals surface area contributed by atoms with Crippen LogP contribution in [0, 0.1) is 6.92 Å². The first-order valence-corrected chi connectivity index (χ1v) is 6.27. The van der Waals surface area contributed by atoms with Crippen LogP contribution in [-0.2, 0) is 0 Å². The Hall–Kier alpha value is -2.24. The Bertz CT molecular complexity index is 460. The van der Waals surface area contributed by atoms with Crippen LogP contribution < -0.4 is 21.3 Å². The van der Waals surface area contributed by atoms with Crippen molar-refractivity contribution >= 4 is 23.4 Å². The molecule has 4 N–H and O–H groups in total. The number of hydrogen-bond acceptors (Lipinski definition) is 2.